The minimum absolute atomic E-state index is 0.0404. The first kappa shape index (κ1) is 14.4. The summed E-state index contributed by atoms with van der Waals surface area (Å²) >= 11 is 0. The predicted molar refractivity (Wildman–Crippen MR) is 77.5 cm³/mol. The summed E-state index contributed by atoms with van der Waals surface area (Å²) in [6.45, 7) is 6.32. The van der Waals surface area contributed by atoms with Crippen LogP contribution in [0.5, 0.6) is 5.75 Å². The lowest BCUT2D eigenvalue weighted by atomic mass is 9.81. The molecule has 1 aliphatic rings. The van der Waals surface area contributed by atoms with Crippen molar-refractivity contribution >= 4 is 0 Å². The molecule has 0 heterocycles. The summed E-state index contributed by atoms with van der Waals surface area (Å²) in [7, 11) is 0. The van der Waals surface area contributed by atoms with Crippen molar-refractivity contribution in [2.24, 2.45) is 5.73 Å². The molecule has 3 heteroatoms. The van der Waals surface area contributed by atoms with Gasteiger partial charge in [-0.25, -0.2) is 0 Å². The van der Waals surface area contributed by atoms with Crippen LogP contribution in [0, 0.1) is 20.8 Å². The van der Waals surface area contributed by atoms with E-state index >= 15 is 0 Å². The van der Waals surface area contributed by atoms with E-state index in [9.17, 15) is 5.11 Å². The van der Waals surface area contributed by atoms with Crippen molar-refractivity contribution in [2.45, 2.75) is 58.1 Å². The van der Waals surface area contributed by atoms with Crippen molar-refractivity contribution in [3.05, 3.63) is 28.8 Å². The molecule has 2 atom stereocenters. The highest BCUT2D eigenvalue weighted by atomic mass is 16.5. The highest BCUT2D eigenvalue weighted by Crippen LogP contribution is 2.31. The van der Waals surface area contributed by atoms with Gasteiger partial charge in [-0.2, -0.15) is 0 Å². The minimum atomic E-state index is -0.463. The molecule has 0 radical (unpaired) electrons. The molecule has 0 spiro atoms. The van der Waals surface area contributed by atoms with E-state index in [0.29, 0.717) is 0 Å². The molecule has 1 aliphatic carbocycles. The van der Waals surface area contributed by atoms with Crippen LogP contribution in [0.2, 0.25) is 0 Å². The van der Waals surface area contributed by atoms with Crippen LogP contribution in [0.4, 0.5) is 0 Å². The molecule has 3 nitrogen and oxygen atoms in total. The van der Waals surface area contributed by atoms with Crippen molar-refractivity contribution in [1.29, 1.82) is 0 Å². The van der Waals surface area contributed by atoms with Crippen LogP contribution in [0.3, 0.4) is 0 Å². The Morgan fingerprint density at radius 1 is 1.37 bits per heavy atom. The predicted octanol–water partition coefficient (Wildman–Crippen LogP) is 2.62. The zero-order valence-electron chi connectivity index (χ0n) is 12.2. The van der Waals surface area contributed by atoms with Gasteiger partial charge in [0.25, 0.3) is 0 Å². The maximum Gasteiger partial charge on any atom is 0.123 e. The lowest BCUT2D eigenvalue weighted by molar-refractivity contribution is 0.0724. The first-order valence-electron chi connectivity index (χ1n) is 7.08. The molecule has 0 bridgehead atoms. The van der Waals surface area contributed by atoms with Gasteiger partial charge in [0.1, 0.15) is 11.9 Å². The lowest BCUT2D eigenvalue weighted by Gasteiger charge is -2.36. The van der Waals surface area contributed by atoms with Gasteiger partial charge in [-0.1, -0.05) is 6.07 Å². The Bertz CT molecular complexity index is 458. The molecule has 2 rings (SSSR count). The van der Waals surface area contributed by atoms with Crippen LogP contribution in [0.15, 0.2) is 12.1 Å². The highest BCUT2D eigenvalue weighted by molar-refractivity contribution is 5.42. The van der Waals surface area contributed by atoms with Gasteiger partial charge in [0.05, 0.1) is 6.61 Å². The second-order valence-electron chi connectivity index (χ2n) is 6.06. The number of aryl methyl sites for hydroxylation is 2. The van der Waals surface area contributed by atoms with Gasteiger partial charge >= 0.3 is 0 Å². The molecule has 1 aromatic carbocycles. The molecule has 0 aromatic heterocycles. The van der Waals surface area contributed by atoms with Crippen molar-refractivity contribution in [1.82, 2.24) is 0 Å². The second kappa shape index (κ2) is 5.51. The van der Waals surface area contributed by atoms with Crippen LogP contribution < -0.4 is 10.5 Å². The van der Waals surface area contributed by atoms with Crippen LogP contribution in [-0.4, -0.2) is 23.4 Å². The fourth-order valence-electron chi connectivity index (χ4n) is 2.89. The number of aliphatic hydroxyl groups excluding tert-OH is 1. The monoisotopic (exact) mass is 263 g/mol. The molecule has 106 valence electrons. The van der Waals surface area contributed by atoms with Gasteiger partial charge < -0.3 is 15.6 Å². The summed E-state index contributed by atoms with van der Waals surface area (Å²) in [6.07, 6.45) is 3.77. The Morgan fingerprint density at radius 3 is 2.79 bits per heavy atom. The number of benzene rings is 1. The van der Waals surface area contributed by atoms with Crippen molar-refractivity contribution in [3.8, 4) is 5.75 Å². The molecule has 19 heavy (non-hydrogen) atoms. The van der Waals surface area contributed by atoms with Gasteiger partial charge in [-0.15, -0.1) is 0 Å². The molecule has 1 fully saturated rings. The fraction of sp³-hybridized carbons (Fsp3) is 0.625. The van der Waals surface area contributed by atoms with Crippen LogP contribution in [0.1, 0.15) is 42.4 Å². The number of aliphatic hydroxyl groups is 1. The molecular weight excluding hydrogens is 238 g/mol. The maximum absolute atomic E-state index is 9.40. The lowest BCUT2D eigenvalue weighted by Crippen LogP contribution is -2.50. The first-order chi connectivity index (χ1) is 8.93. The van der Waals surface area contributed by atoms with Gasteiger partial charge in [-0.3, -0.25) is 0 Å². The van der Waals surface area contributed by atoms with E-state index in [2.05, 4.69) is 32.9 Å². The van der Waals surface area contributed by atoms with Crippen molar-refractivity contribution in [3.63, 3.8) is 0 Å². The third-order valence-electron chi connectivity index (χ3n) is 4.21. The molecule has 1 aromatic rings. The van der Waals surface area contributed by atoms with E-state index in [0.717, 1.165) is 31.4 Å². The van der Waals surface area contributed by atoms with E-state index in [1.807, 2.05) is 0 Å². The standard InChI is InChI=1S/C16H25NO2/c1-11-7-12(2)13(3)15(8-11)19-14-5-4-6-16(17,9-14)10-18/h7-8,14,18H,4-6,9-10,17H2,1-3H3. The van der Waals surface area contributed by atoms with Crippen molar-refractivity contribution < 1.29 is 9.84 Å². The fourth-order valence-corrected chi connectivity index (χ4v) is 2.89. The Hall–Kier alpha value is -1.06. The SMILES string of the molecule is Cc1cc(C)c(C)c(OC2CCCC(N)(CO)C2)c1. The minimum Gasteiger partial charge on any atom is -0.490 e. The quantitative estimate of drug-likeness (QED) is 0.881. The van der Waals surface area contributed by atoms with Crippen LogP contribution in [0.25, 0.3) is 0 Å². The molecule has 0 saturated heterocycles. The maximum atomic E-state index is 9.40. The first-order valence-corrected chi connectivity index (χ1v) is 7.08. The molecule has 0 aliphatic heterocycles. The number of nitrogens with two attached hydrogens (primary N) is 1. The molecule has 1 saturated carbocycles. The summed E-state index contributed by atoms with van der Waals surface area (Å²) in [4.78, 5) is 0. The molecule has 2 unspecified atom stereocenters. The smallest absolute Gasteiger partial charge is 0.123 e. The largest absolute Gasteiger partial charge is 0.490 e. The van der Waals surface area contributed by atoms with Crippen LogP contribution in [-0.2, 0) is 0 Å². The number of ether oxygens (including phenoxy) is 1. The van der Waals surface area contributed by atoms with Gasteiger partial charge in [0, 0.05) is 12.0 Å². The van der Waals surface area contributed by atoms with E-state index in [1.165, 1.54) is 16.7 Å². The third kappa shape index (κ3) is 3.28. The topological polar surface area (TPSA) is 55.5 Å². The van der Waals surface area contributed by atoms with Crippen molar-refractivity contribution in [2.75, 3.05) is 6.61 Å². The average Bonchev–Trinajstić information content (AvgIpc) is 2.35. The van der Waals surface area contributed by atoms with E-state index in [4.69, 9.17) is 10.5 Å². The summed E-state index contributed by atoms with van der Waals surface area (Å²) in [5.74, 6) is 0.963. The summed E-state index contributed by atoms with van der Waals surface area (Å²) in [6, 6.07) is 4.26. The highest BCUT2D eigenvalue weighted by Gasteiger charge is 2.33. The summed E-state index contributed by atoms with van der Waals surface area (Å²) < 4.78 is 6.15. The average molecular weight is 263 g/mol. The zero-order valence-corrected chi connectivity index (χ0v) is 12.2. The molecule has 3 N–H and O–H groups in total. The zero-order chi connectivity index (χ0) is 14.0. The summed E-state index contributed by atoms with van der Waals surface area (Å²) in [5.41, 5.74) is 9.38. The van der Waals surface area contributed by atoms with E-state index < -0.39 is 5.54 Å². The Balaban J connectivity index is 2.13. The third-order valence-corrected chi connectivity index (χ3v) is 4.21. The number of hydrogen-bond acceptors (Lipinski definition) is 3. The number of hydrogen-bond donors (Lipinski definition) is 2. The number of rotatable bonds is 3. The van der Waals surface area contributed by atoms with E-state index in [1.54, 1.807) is 0 Å². The van der Waals surface area contributed by atoms with Gasteiger partial charge in [0.2, 0.25) is 0 Å². The second-order valence-corrected chi connectivity index (χ2v) is 6.06. The van der Waals surface area contributed by atoms with Gasteiger partial charge in [0.15, 0.2) is 0 Å². The Morgan fingerprint density at radius 2 is 2.11 bits per heavy atom. The Labute approximate surface area is 115 Å². The molecular formula is C16H25NO2. The normalized spacial score (nSPS) is 27.3. The van der Waals surface area contributed by atoms with Gasteiger partial charge in [-0.05, 0) is 62.8 Å². The Kier molecular flexibility index (Phi) is 4.16. The van der Waals surface area contributed by atoms with E-state index in [-0.39, 0.29) is 12.7 Å². The summed E-state index contributed by atoms with van der Waals surface area (Å²) in [5, 5.41) is 9.40. The molecule has 0 amide bonds. The van der Waals surface area contributed by atoms with Crippen LogP contribution >= 0.6 is 0 Å².